The monoisotopic (exact) mass is 272 g/mol. The maximum Gasteiger partial charge on any atom is 0.412 e. The lowest BCUT2D eigenvalue weighted by Crippen LogP contribution is -3.06. The van der Waals surface area contributed by atoms with E-state index in [1.54, 1.807) is 13.1 Å². The molecular formula is C13H21ClN2O2. The molecule has 102 valence electrons. The van der Waals surface area contributed by atoms with Crippen molar-refractivity contribution in [1.29, 1.82) is 0 Å². The van der Waals surface area contributed by atoms with E-state index >= 15 is 0 Å². The van der Waals surface area contributed by atoms with Crippen molar-refractivity contribution in [2.75, 3.05) is 21.1 Å². The van der Waals surface area contributed by atoms with Crippen molar-refractivity contribution in [1.82, 2.24) is 5.32 Å². The molecule has 0 radical (unpaired) electrons. The smallest absolute Gasteiger partial charge is 0.412 e. The van der Waals surface area contributed by atoms with Crippen molar-refractivity contribution < 1.29 is 26.8 Å². The number of hydrogen-bond acceptors (Lipinski definition) is 2. The summed E-state index contributed by atoms with van der Waals surface area (Å²) in [6.07, 6.45) is 0.610. The van der Waals surface area contributed by atoms with Gasteiger partial charge >= 0.3 is 6.09 Å². The highest BCUT2D eigenvalue weighted by atomic mass is 35.5. The lowest BCUT2D eigenvalue weighted by atomic mass is 10.0. The molecule has 0 bridgehead atoms. The van der Waals surface area contributed by atoms with Gasteiger partial charge in [0.25, 0.3) is 0 Å². The Morgan fingerprint density at radius 2 is 2.11 bits per heavy atom. The first-order valence-electron chi connectivity index (χ1n) is 5.88. The van der Waals surface area contributed by atoms with Gasteiger partial charge in [-0.15, -0.1) is 0 Å². The molecule has 0 heterocycles. The predicted octanol–water partition coefficient (Wildman–Crippen LogP) is -2.00. The van der Waals surface area contributed by atoms with Crippen LogP contribution in [0.1, 0.15) is 24.9 Å². The Balaban J connectivity index is 0.00000289. The molecule has 1 amide bonds. The number of halogens is 1. The van der Waals surface area contributed by atoms with Gasteiger partial charge in [0.1, 0.15) is 11.8 Å². The van der Waals surface area contributed by atoms with Crippen LogP contribution < -0.4 is 27.4 Å². The third-order valence-corrected chi connectivity index (χ3v) is 2.78. The summed E-state index contributed by atoms with van der Waals surface area (Å²) >= 11 is 0. The lowest BCUT2D eigenvalue weighted by Gasteiger charge is -2.20. The number of rotatable bonds is 4. The van der Waals surface area contributed by atoms with Crippen molar-refractivity contribution in [3.8, 4) is 5.75 Å². The maximum absolute atomic E-state index is 11.1. The van der Waals surface area contributed by atoms with Gasteiger partial charge in [-0.1, -0.05) is 19.1 Å². The Labute approximate surface area is 115 Å². The minimum atomic E-state index is -0.438. The predicted molar refractivity (Wildman–Crippen MR) is 67.4 cm³/mol. The Morgan fingerprint density at radius 1 is 1.44 bits per heavy atom. The van der Waals surface area contributed by atoms with E-state index in [1.807, 2.05) is 12.1 Å². The fourth-order valence-electron chi connectivity index (χ4n) is 1.93. The Kier molecular flexibility index (Phi) is 7.39. The zero-order chi connectivity index (χ0) is 12.8. The van der Waals surface area contributed by atoms with Crippen LogP contribution in [0.5, 0.6) is 5.75 Å². The molecule has 0 aliphatic heterocycles. The third kappa shape index (κ3) is 4.55. The molecule has 2 N–H and O–H groups in total. The molecule has 1 atom stereocenters. The molecule has 0 aliphatic carbocycles. The summed E-state index contributed by atoms with van der Waals surface area (Å²) in [6, 6.07) is 8.12. The minimum Gasteiger partial charge on any atom is -1.00 e. The molecule has 1 rings (SSSR count). The Hall–Kier alpha value is -1.26. The van der Waals surface area contributed by atoms with Crippen LogP contribution in [0, 0.1) is 0 Å². The normalized spacial score (nSPS) is 11.6. The van der Waals surface area contributed by atoms with Crippen molar-refractivity contribution in [3.05, 3.63) is 29.8 Å². The summed E-state index contributed by atoms with van der Waals surface area (Å²) in [6.45, 7) is 2.16. The van der Waals surface area contributed by atoms with Crippen LogP contribution in [0.4, 0.5) is 4.79 Å². The average Bonchev–Trinajstić information content (AvgIpc) is 2.30. The molecule has 1 unspecified atom stereocenters. The molecule has 0 saturated carbocycles. The summed E-state index contributed by atoms with van der Waals surface area (Å²) in [5, 5.41) is 2.43. The van der Waals surface area contributed by atoms with Gasteiger partial charge in [-0.3, -0.25) is 0 Å². The van der Waals surface area contributed by atoms with Gasteiger partial charge < -0.3 is 27.4 Å². The fraction of sp³-hybridized carbons (Fsp3) is 0.462. The molecule has 5 heteroatoms. The van der Waals surface area contributed by atoms with Gasteiger partial charge in [-0.2, -0.15) is 0 Å². The highest BCUT2D eigenvalue weighted by Crippen LogP contribution is 2.19. The maximum atomic E-state index is 11.1. The summed E-state index contributed by atoms with van der Waals surface area (Å²) < 4.78 is 5.12. The largest absolute Gasteiger partial charge is 1.00 e. The van der Waals surface area contributed by atoms with Gasteiger partial charge in [0.15, 0.2) is 0 Å². The molecular weight excluding hydrogens is 252 g/mol. The van der Waals surface area contributed by atoms with Crippen molar-refractivity contribution in [3.63, 3.8) is 0 Å². The van der Waals surface area contributed by atoms with Crippen molar-refractivity contribution >= 4 is 6.09 Å². The number of amides is 1. The first-order valence-corrected chi connectivity index (χ1v) is 5.88. The second-order valence-electron chi connectivity index (χ2n) is 4.25. The molecule has 0 spiro atoms. The van der Waals surface area contributed by atoms with Crippen LogP contribution in [-0.2, 0) is 0 Å². The molecule has 18 heavy (non-hydrogen) atoms. The summed E-state index contributed by atoms with van der Waals surface area (Å²) in [7, 11) is 5.80. The van der Waals surface area contributed by atoms with Crippen LogP contribution in [0.25, 0.3) is 0 Å². The van der Waals surface area contributed by atoms with Crippen molar-refractivity contribution in [2.24, 2.45) is 0 Å². The van der Waals surface area contributed by atoms with Crippen LogP contribution >= 0.6 is 0 Å². The van der Waals surface area contributed by atoms with Crippen LogP contribution in [0.2, 0.25) is 0 Å². The third-order valence-electron chi connectivity index (χ3n) is 2.78. The van der Waals surface area contributed by atoms with Gasteiger partial charge in [-0.05, 0) is 12.1 Å². The molecule has 0 saturated heterocycles. The summed E-state index contributed by atoms with van der Waals surface area (Å²) in [4.78, 5) is 12.5. The lowest BCUT2D eigenvalue weighted by molar-refractivity contribution is -0.892. The SMILES string of the molecule is CCC(c1cccc(OC(=O)NC)c1)[NH+](C)C.[Cl-]. The number of ether oxygens (including phenoxy) is 1. The van der Waals surface area contributed by atoms with Gasteiger partial charge in [0, 0.05) is 19.0 Å². The number of benzene rings is 1. The van der Waals surface area contributed by atoms with E-state index in [0.717, 1.165) is 6.42 Å². The van der Waals surface area contributed by atoms with Crippen molar-refractivity contribution in [2.45, 2.75) is 19.4 Å². The number of carbonyl (C=O) groups excluding carboxylic acids is 1. The quantitative estimate of drug-likeness (QED) is 0.666. The van der Waals surface area contributed by atoms with Crippen LogP contribution in [0.3, 0.4) is 0 Å². The second kappa shape index (κ2) is 7.95. The van der Waals surface area contributed by atoms with Gasteiger partial charge in [-0.25, -0.2) is 4.79 Å². The summed E-state index contributed by atoms with van der Waals surface area (Å²) in [5.41, 5.74) is 1.19. The van der Waals surface area contributed by atoms with Crippen LogP contribution in [-0.4, -0.2) is 27.2 Å². The zero-order valence-electron chi connectivity index (χ0n) is 11.3. The number of quaternary nitrogens is 1. The molecule has 1 aromatic rings. The van der Waals surface area contributed by atoms with E-state index in [1.165, 1.54) is 10.5 Å². The highest BCUT2D eigenvalue weighted by Gasteiger charge is 2.16. The van der Waals surface area contributed by atoms with E-state index in [2.05, 4.69) is 32.4 Å². The first-order chi connectivity index (χ1) is 8.08. The molecule has 0 aliphatic rings. The fourth-order valence-corrected chi connectivity index (χ4v) is 1.93. The zero-order valence-corrected chi connectivity index (χ0v) is 12.0. The Morgan fingerprint density at radius 3 is 2.61 bits per heavy atom. The van der Waals surface area contributed by atoms with Crippen LogP contribution in [0.15, 0.2) is 24.3 Å². The van der Waals surface area contributed by atoms with E-state index in [9.17, 15) is 4.79 Å². The minimum absolute atomic E-state index is 0. The molecule has 0 fully saturated rings. The summed E-state index contributed by atoms with van der Waals surface area (Å²) in [5.74, 6) is 0.585. The number of carbonyl (C=O) groups is 1. The van der Waals surface area contributed by atoms with E-state index in [4.69, 9.17) is 4.74 Å². The average molecular weight is 273 g/mol. The first kappa shape index (κ1) is 16.7. The highest BCUT2D eigenvalue weighted by molar-refractivity contribution is 5.69. The van der Waals surface area contributed by atoms with E-state index < -0.39 is 6.09 Å². The van der Waals surface area contributed by atoms with E-state index in [-0.39, 0.29) is 12.4 Å². The molecule has 1 aromatic carbocycles. The number of nitrogens with one attached hydrogen (secondary N) is 2. The topological polar surface area (TPSA) is 42.8 Å². The molecule has 0 aromatic heterocycles. The van der Waals surface area contributed by atoms with Gasteiger partial charge in [0.2, 0.25) is 0 Å². The standard InChI is InChI=1S/C13H20N2O2.ClH/c1-5-12(15(3)4)10-7-6-8-11(9-10)17-13(16)14-2;/h6-9,12H,5H2,1-4H3,(H,14,16);1H. The molecule has 4 nitrogen and oxygen atoms in total. The Bertz CT molecular complexity index is 383. The van der Waals surface area contributed by atoms with E-state index in [0.29, 0.717) is 11.8 Å². The van der Waals surface area contributed by atoms with Gasteiger partial charge in [0.05, 0.1) is 14.1 Å². The second-order valence-corrected chi connectivity index (χ2v) is 4.25. The number of hydrogen-bond donors (Lipinski definition) is 2.